The van der Waals surface area contributed by atoms with Gasteiger partial charge >= 0.3 is 0 Å². The Morgan fingerprint density at radius 2 is 2.14 bits per heavy atom. The van der Waals surface area contributed by atoms with Crippen molar-refractivity contribution in [1.29, 1.82) is 0 Å². The Hall–Kier alpha value is -1.84. The predicted molar refractivity (Wildman–Crippen MR) is 58.1 cm³/mol. The standard InChI is InChI=1S/C10H13N3O/c1-11-10(13-12-2)8-6-4-5-7-9(8)14-3/h4-7H,2H2,1,3H3,(H,11,13). The Labute approximate surface area is 83.3 Å². The molecular weight excluding hydrogens is 178 g/mol. The van der Waals surface area contributed by atoms with E-state index in [0.717, 1.165) is 11.3 Å². The van der Waals surface area contributed by atoms with Gasteiger partial charge in [0.2, 0.25) is 0 Å². The predicted octanol–water partition coefficient (Wildman–Crippen LogP) is 1.28. The first-order chi connectivity index (χ1) is 6.83. The third kappa shape index (κ3) is 2.10. The summed E-state index contributed by atoms with van der Waals surface area (Å²) in [6.45, 7) is 3.35. The maximum absolute atomic E-state index is 5.19. The molecule has 0 unspecified atom stereocenters. The van der Waals surface area contributed by atoms with Crippen LogP contribution in [0.4, 0.5) is 0 Å². The molecule has 0 saturated carbocycles. The van der Waals surface area contributed by atoms with Crippen molar-refractivity contribution >= 4 is 12.6 Å². The number of methoxy groups -OCH3 is 1. The summed E-state index contributed by atoms with van der Waals surface area (Å²) in [6, 6.07) is 7.58. The second-order valence-corrected chi connectivity index (χ2v) is 2.54. The molecule has 0 aromatic heterocycles. The maximum atomic E-state index is 5.19. The van der Waals surface area contributed by atoms with Gasteiger partial charge in [0.25, 0.3) is 0 Å². The summed E-state index contributed by atoms with van der Waals surface area (Å²) in [5.74, 6) is 1.39. The van der Waals surface area contributed by atoms with Gasteiger partial charge in [-0.05, 0) is 12.1 Å². The minimum Gasteiger partial charge on any atom is -0.496 e. The van der Waals surface area contributed by atoms with Gasteiger partial charge in [-0.15, -0.1) is 0 Å². The number of benzene rings is 1. The molecule has 74 valence electrons. The number of para-hydroxylation sites is 1. The van der Waals surface area contributed by atoms with E-state index in [0.29, 0.717) is 5.84 Å². The minimum atomic E-state index is 0.637. The molecule has 0 heterocycles. The van der Waals surface area contributed by atoms with Crippen LogP contribution in [0.2, 0.25) is 0 Å². The van der Waals surface area contributed by atoms with Crippen molar-refractivity contribution in [2.24, 2.45) is 10.1 Å². The molecule has 0 aliphatic rings. The van der Waals surface area contributed by atoms with Crippen molar-refractivity contribution in [3.05, 3.63) is 29.8 Å². The summed E-state index contributed by atoms with van der Waals surface area (Å²) in [4.78, 5) is 4.05. The molecule has 0 fully saturated rings. The highest BCUT2D eigenvalue weighted by Gasteiger charge is 2.06. The molecule has 0 radical (unpaired) electrons. The number of hydrogen-bond donors (Lipinski definition) is 1. The van der Waals surface area contributed by atoms with Crippen molar-refractivity contribution in [2.45, 2.75) is 0 Å². The van der Waals surface area contributed by atoms with E-state index in [1.807, 2.05) is 24.3 Å². The molecule has 0 saturated heterocycles. The topological polar surface area (TPSA) is 46.0 Å². The number of hydrazone groups is 1. The van der Waals surface area contributed by atoms with Gasteiger partial charge in [0, 0.05) is 13.8 Å². The lowest BCUT2D eigenvalue weighted by Gasteiger charge is -2.09. The van der Waals surface area contributed by atoms with Gasteiger partial charge in [-0.3, -0.25) is 10.4 Å². The molecule has 4 nitrogen and oxygen atoms in total. The van der Waals surface area contributed by atoms with Crippen LogP contribution < -0.4 is 10.2 Å². The number of nitrogens with one attached hydrogen (secondary N) is 1. The van der Waals surface area contributed by atoms with Crippen LogP contribution in [0.25, 0.3) is 0 Å². The van der Waals surface area contributed by atoms with Crippen LogP contribution in [0.15, 0.2) is 34.4 Å². The molecule has 1 rings (SSSR count). The zero-order valence-corrected chi connectivity index (χ0v) is 8.32. The number of amidine groups is 1. The first-order valence-electron chi connectivity index (χ1n) is 4.15. The molecule has 0 amide bonds. The number of aliphatic imine (C=N–C) groups is 1. The lowest BCUT2D eigenvalue weighted by atomic mass is 10.2. The molecule has 0 aliphatic heterocycles. The Bertz CT molecular complexity index is 347. The molecule has 0 bridgehead atoms. The van der Waals surface area contributed by atoms with Crippen molar-refractivity contribution in [2.75, 3.05) is 14.2 Å². The fourth-order valence-electron chi connectivity index (χ4n) is 1.15. The lowest BCUT2D eigenvalue weighted by molar-refractivity contribution is 0.413. The van der Waals surface area contributed by atoms with Crippen LogP contribution in [-0.4, -0.2) is 26.7 Å². The van der Waals surface area contributed by atoms with E-state index in [9.17, 15) is 0 Å². The highest BCUT2D eigenvalue weighted by molar-refractivity contribution is 6.01. The van der Waals surface area contributed by atoms with E-state index >= 15 is 0 Å². The number of hydrogen-bond acceptors (Lipinski definition) is 3. The average Bonchev–Trinajstić information content (AvgIpc) is 2.26. The third-order valence-corrected chi connectivity index (χ3v) is 1.77. The fourth-order valence-corrected chi connectivity index (χ4v) is 1.15. The van der Waals surface area contributed by atoms with Gasteiger partial charge in [-0.25, -0.2) is 0 Å². The number of rotatable bonds is 3. The van der Waals surface area contributed by atoms with E-state index in [1.165, 1.54) is 0 Å². The number of ether oxygens (including phenoxy) is 1. The normalized spacial score (nSPS) is 10.9. The molecule has 1 N–H and O–H groups in total. The Morgan fingerprint density at radius 3 is 2.71 bits per heavy atom. The van der Waals surface area contributed by atoms with Crippen LogP contribution in [0.1, 0.15) is 5.56 Å². The van der Waals surface area contributed by atoms with Crippen molar-refractivity contribution in [3.63, 3.8) is 0 Å². The Kier molecular flexibility index (Phi) is 3.67. The van der Waals surface area contributed by atoms with Crippen molar-refractivity contribution in [3.8, 4) is 5.75 Å². The van der Waals surface area contributed by atoms with Crippen LogP contribution in [0, 0.1) is 0 Å². The maximum Gasteiger partial charge on any atom is 0.152 e. The number of nitrogens with zero attached hydrogens (tertiary/aromatic N) is 2. The first-order valence-corrected chi connectivity index (χ1v) is 4.15. The van der Waals surface area contributed by atoms with Crippen molar-refractivity contribution in [1.82, 2.24) is 5.43 Å². The van der Waals surface area contributed by atoms with Crippen LogP contribution >= 0.6 is 0 Å². The van der Waals surface area contributed by atoms with E-state index in [4.69, 9.17) is 4.74 Å². The molecule has 0 aliphatic carbocycles. The Balaban J connectivity index is 3.09. The molecule has 1 aromatic carbocycles. The Morgan fingerprint density at radius 1 is 1.43 bits per heavy atom. The summed E-state index contributed by atoms with van der Waals surface area (Å²) < 4.78 is 5.19. The molecule has 0 atom stereocenters. The van der Waals surface area contributed by atoms with Crippen molar-refractivity contribution < 1.29 is 4.74 Å². The van der Waals surface area contributed by atoms with Gasteiger partial charge in [0.05, 0.1) is 12.7 Å². The van der Waals surface area contributed by atoms with Gasteiger partial charge in [-0.1, -0.05) is 12.1 Å². The SMILES string of the molecule is C=NNC(=NC)c1ccccc1OC. The summed E-state index contributed by atoms with van der Waals surface area (Å²) >= 11 is 0. The van der Waals surface area contributed by atoms with Gasteiger partial charge in [0.15, 0.2) is 5.84 Å². The second-order valence-electron chi connectivity index (χ2n) is 2.54. The zero-order chi connectivity index (χ0) is 10.4. The minimum absolute atomic E-state index is 0.637. The van der Waals surface area contributed by atoms with E-state index in [2.05, 4.69) is 22.2 Å². The monoisotopic (exact) mass is 191 g/mol. The quantitative estimate of drug-likeness (QED) is 0.444. The summed E-state index contributed by atoms with van der Waals surface area (Å²) in [5, 5.41) is 3.57. The van der Waals surface area contributed by atoms with Gasteiger partial charge in [0.1, 0.15) is 5.75 Å². The largest absolute Gasteiger partial charge is 0.496 e. The molecule has 14 heavy (non-hydrogen) atoms. The average molecular weight is 191 g/mol. The molecule has 4 heteroatoms. The van der Waals surface area contributed by atoms with E-state index < -0.39 is 0 Å². The third-order valence-electron chi connectivity index (χ3n) is 1.77. The molecular formula is C10H13N3O. The van der Waals surface area contributed by atoms with Crippen LogP contribution in [0.5, 0.6) is 5.75 Å². The summed E-state index contributed by atoms with van der Waals surface area (Å²) in [6.07, 6.45) is 0. The van der Waals surface area contributed by atoms with Crippen LogP contribution in [-0.2, 0) is 0 Å². The van der Waals surface area contributed by atoms with Gasteiger partial charge < -0.3 is 4.74 Å². The van der Waals surface area contributed by atoms with Gasteiger partial charge in [-0.2, -0.15) is 5.10 Å². The fraction of sp³-hybridized carbons (Fsp3) is 0.200. The summed E-state index contributed by atoms with van der Waals surface area (Å²) in [7, 11) is 3.30. The highest BCUT2D eigenvalue weighted by atomic mass is 16.5. The zero-order valence-electron chi connectivity index (χ0n) is 8.32. The molecule has 1 aromatic rings. The van der Waals surface area contributed by atoms with E-state index in [-0.39, 0.29) is 0 Å². The smallest absolute Gasteiger partial charge is 0.152 e. The summed E-state index contributed by atoms with van der Waals surface area (Å²) in [5.41, 5.74) is 3.57. The molecule has 0 spiro atoms. The van der Waals surface area contributed by atoms with E-state index in [1.54, 1.807) is 14.2 Å². The highest BCUT2D eigenvalue weighted by Crippen LogP contribution is 2.17. The van der Waals surface area contributed by atoms with Crippen LogP contribution in [0.3, 0.4) is 0 Å². The first kappa shape index (κ1) is 10.2. The second kappa shape index (κ2) is 5.01. The lowest BCUT2D eigenvalue weighted by Crippen LogP contribution is -2.19.